The molecular formula is C10H11NO2. The highest BCUT2D eigenvalue weighted by atomic mass is 16.5. The molecule has 13 heavy (non-hydrogen) atoms. The van der Waals surface area contributed by atoms with Crippen molar-refractivity contribution in [2.24, 2.45) is 0 Å². The Balaban J connectivity index is 2.98. The van der Waals surface area contributed by atoms with E-state index in [1.807, 2.05) is 0 Å². The molecular weight excluding hydrogens is 166 g/mol. The molecule has 0 bridgehead atoms. The minimum atomic E-state index is -0.356. The second-order valence-electron chi connectivity index (χ2n) is 2.36. The van der Waals surface area contributed by atoms with Crippen LogP contribution in [0.2, 0.25) is 0 Å². The standard InChI is InChI=1S/C10H11NO2/c1-3-9-8(6-5-7-11-9)10(12)13-4-2/h3,5-7H,1,4H2,2H3. The van der Waals surface area contributed by atoms with E-state index in [1.54, 1.807) is 25.3 Å². The van der Waals surface area contributed by atoms with Crippen LogP contribution >= 0.6 is 0 Å². The number of nitrogens with zero attached hydrogens (tertiary/aromatic N) is 1. The fourth-order valence-electron chi connectivity index (χ4n) is 0.962. The maximum Gasteiger partial charge on any atom is 0.340 e. The molecule has 0 unspecified atom stereocenters. The van der Waals surface area contributed by atoms with Gasteiger partial charge in [-0.3, -0.25) is 4.98 Å². The summed E-state index contributed by atoms with van der Waals surface area (Å²) >= 11 is 0. The first-order valence-corrected chi connectivity index (χ1v) is 4.04. The smallest absolute Gasteiger partial charge is 0.340 e. The van der Waals surface area contributed by atoms with E-state index < -0.39 is 0 Å². The number of pyridine rings is 1. The number of esters is 1. The molecule has 0 amide bonds. The van der Waals surface area contributed by atoms with E-state index in [0.29, 0.717) is 17.9 Å². The van der Waals surface area contributed by atoms with Gasteiger partial charge in [0.05, 0.1) is 17.9 Å². The second kappa shape index (κ2) is 4.40. The normalized spacial score (nSPS) is 9.31. The van der Waals surface area contributed by atoms with E-state index in [1.165, 1.54) is 6.08 Å². The minimum absolute atomic E-state index is 0.356. The lowest BCUT2D eigenvalue weighted by Gasteiger charge is -2.03. The predicted molar refractivity (Wildman–Crippen MR) is 50.3 cm³/mol. The van der Waals surface area contributed by atoms with Crippen molar-refractivity contribution >= 4 is 12.0 Å². The van der Waals surface area contributed by atoms with Crippen LogP contribution in [-0.4, -0.2) is 17.6 Å². The second-order valence-corrected chi connectivity index (χ2v) is 2.36. The molecule has 0 aliphatic rings. The summed E-state index contributed by atoms with van der Waals surface area (Å²) in [4.78, 5) is 15.3. The van der Waals surface area contributed by atoms with Gasteiger partial charge in [0.25, 0.3) is 0 Å². The average molecular weight is 177 g/mol. The van der Waals surface area contributed by atoms with Gasteiger partial charge in [0.1, 0.15) is 0 Å². The fraction of sp³-hybridized carbons (Fsp3) is 0.200. The molecule has 1 rings (SSSR count). The molecule has 0 aromatic carbocycles. The predicted octanol–water partition coefficient (Wildman–Crippen LogP) is 1.90. The number of aromatic nitrogens is 1. The SMILES string of the molecule is C=Cc1ncccc1C(=O)OCC. The van der Waals surface area contributed by atoms with Gasteiger partial charge in [0, 0.05) is 6.20 Å². The van der Waals surface area contributed by atoms with Gasteiger partial charge in [0.2, 0.25) is 0 Å². The molecule has 1 aromatic heterocycles. The number of carbonyl (C=O) groups is 1. The van der Waals surface area contributed by atoms with Gasteiger partial charge in [-0.15, -0.1) is 0 Å². The van der Waals surface area contributed by atoms with Crippen molar-refractivity contribution in [3.05, 3.63) is 36.2 Å². The van der Waals surface area contributed by atoms with E-state index in [2.05, 4.69) is 11.6 Å². The Morgan fingerprint density at radius 3 is 3.15 bits per heavy atom. The van der Waals surface area contributed by atoms with Gasteiger partial charge in [-0.1, -0.05) is 6.58 Å². The minimum Gasteiger partial charge on any atom is -0.462 e. The van der Waals surface area contributed by atoms with Crippen molar-refractivity contribution in [1.29, 1.82) is 0 Å². The summed E-state index contributed by atoms with van der Waals surface area (Å²) in [6.07, 6.45) is 3.14. The highest BCUT2D eigenvalue weighted by molar-refractivity contribution is 5.92. The molecule has 0 atom stereocenters. The third-order valence-electron chi connectivity index (χ3n) is 1.53. The van der Waals surface area contributed by atoms with Crippen molar-refractivity contribution in [1.82, 2.24) is 4.98 Å². The van der Waals surface area contributed by atoms with Crippen LogP contribution in [0, 0.1) is 0 Å². The molecule has 0 saturated carbocycles. The monoisotopic (exact) mass is 177 g/mol. The number of carbonyl (C=O) groups excluding carboxylic acids is 1. The van der Waals surface area contributed by atoms with Gasteiger partial charge in [-0.2, -0.15) is 0 Å². The molecule has 3 nitrogen and oxygen atoms in total. The van der Waals surface area contributed by atoms with Crippen molar-refractivity contribution in [3.63, 3.8) is 0 Å². The van der Waals surface area contributed by atoms with Crippen LogP contribution in [-0.2, 0) is 4.74 Å². The zero-order valence-corrected chi connectivity index (χ0v) is 7.49. The molecule has 0 spiro atoms. The number of hydrogen-bond acceptors (Lipinski definition) is 3. The molecule has 0 radical (unpaired) electrons. The first-order chi connectivity index (χ1) is 6.29. The fourth-order valence-corrected chi connectivity index (χ4v) is 0.962. The van der Waals surface area contributed by atoms with Gasteiger partial charge in [0.15, 0.2) is 0 Å². The average Bonchev–Trinajstić information content (AvgIpc) is 2.18. The summed E-state index contributed by atoms with van der Waals surface area (Å²) in [6.45, 7) is 5.69. The Hall–Kier alpha value is -1.64. The van der Waals surface area contributed by atoms with Gasteiger partial charge in [-0.05, 0) is 25.1 Å². The number of ether oxygens (including phenoxy) is 1. The molecule has 0 aliphatic heterocycles. The lowest BCUT2D eigenvalue weighted by atomic mass is 10.2. The number of rotatable bonds is 3. The largest absolute Gasteiger partial charge is 0.462 e. The van der Waals surface area contributed by atoms with Crippen molar-refractivity contribution < 1.29 is 9.53 Å². The molecule has 0 fully saturated rings. The Kier molecular flexibility index (Phi) is 3.20. The van der Waals surface area contributed by atoms with Crippen LogP contribution in [0.5, 0.6) is 0 Å². The zero-order chi connectivity index (χ0) is 9.68. The summed E-state index contributed by atoms with van der Waals surface area (Å²) in [6, 6.07) is 3.36. The van der Waals surface area contributed by atoms with Crippen molar-refractivity contribution in [3.8, 4) is 0 Å². The molecule has 3 heteroatoms. The summed E-state index contributed by atoms with van der Waals surface area (Å²) in [5.41, 5.74) is 1.01. The van der Waals surface area contributed by atoms with Crippen LogP contribution in [0.25, 0.3) is 6.08 Å². The van der Waals surface area contributed by atoms with Crippen LogP contribution in [0.4, 0.5) is 0 Å². The molecule has 1 aromatic rings. The van der Waals surface area contributed by atoms with E-state index in [9.17, 15) is 4.79 Å². The van der Waals surface area contributed by atoms with Crippen LogP contribution in [0.1, 0.15) is 23.0 Å². The van der Waals surface area contributed by atoms with Crippen LogP contribution in [0.3, 0.4) is 0 Å². The maximum atomic E-state index is 11.3. The summed E-state index contributed by atoms with van der Waals surface area (Å²) in [5.74, 6) is -0.356. The molecule has 0 aliphatic carbocycles. The van der Waals surface area contributed by atoms with E-state index in [4.69, 9.17) is 4.74 Å². The highest BCUT2D eigenvalue weighted by Gasteiger charge is 2.09. The van der Waals surface area contributed by atoms with E-state index in [-0.39, 0.29) is 5.97 Å². The van der Waals surface area contributed by atoms with Gasteiger partial charge in [-0.25, -0.2) is 4.79 Å². The summed E-state index contributed by atoms with van der Waals surface area (Å²) in [5, 5.41) is 0. The quantitative estimate of drug-likeness (QED) is 0.662. The lowest BCUT2D eigenvalue weighted by molar-refractivity contribution is 0.0525. The molecule has 68 valence electrons. The van der Waals surface area contributed by atoms with Crippen molar-refractivity contribution in [2.45, 2.75) is 6.92 Å². The Bertz CT molecular complexity index is 320. The topological polar surface area (TPSA) is 39.2 Å². The van der Waals surface area contributed by atoms with Crippen LogP contribution in [0.15, 0.2) is 24.9 Å². The molecule has 1 heterocycles. The van der Waals surface area contributed by atoms with Crippen LogP contribution < -0.4 is 0 Å². The Morgan fingerprint density at radius 2 is 2.54 bits per heavy atom. The van der Waals surface area contributed by atoms with E-state index >= 15 is 0 Å². The van der Waals surface area contributed by atoms with E-state index in [0.717, 1.165) is 0 Å². The third kappa shape index (κ3) is 2.15. The zero-order valence-electron chi connectivity index (χ0n) is 7.49. The lowest BCUT2D eigenvalue weighted by Crippen LogP contribution is -2.07. The van der Waals surface area contributed by atoms with Gasteiger partial charge < -0.3 is 4.74 Å². The summed E-state index contributed by atoms with van der Waals surface area (Å²) < 4.78 is 4.84. The maximum absolute atomic E-state index is 11.3. The Morgan fingerprint density at radius 1 is 1.77 bits per heavy atom. The number of hydrogen-bond donors (Lipinski definition) is 0. The Labute approximate surface area is 77.1 Å². The third-order valence-corrected chi connectivity index (χ3v) is 1.53. The molecule has 0 saturated heterocycles. The first-order valence-electron chi connectivity index (χ1n) is 4.04. The van der Waals surface area contributed by atoms with Crippen molar-refractivity contribution in [2.75, 3.05) is 6.61 Å². The highest BCUT2D eigenvalue weighted by Crippen LogP contribution is 2.07. The molecule has 0 N–H and O–H groups in total. The summed E-state index contributed by atoms with van der Waals surface area (Å²) in [7, 11) is 0. The first kappa shape index (κ1) is 9.45. The van der Waals surface area contributed by atoms with Gasteiger partial charge >= 0.3 is 5.97 Å².